The number of carboxylic acids is 1. The third-order valence-electron chi connectivity index (χ3n) is 2.28. The maximum atomic E-state index is 11.0. The van der Waals surface area contributed by atoms with Crippen molar-refractivity contribution in [2.24, 2.45) is 0 Å². The van der Waals surface area contributed by atoms with Gasteiger partial charge in [0.1, 0.15) is 5.65 Å². The first-order valence-corrected chi connectivity index (χ1v) is 5.18. The number of carboxylic acid groups (broad SMARTS) is 1. The van der Waals surface area contributed by atoms with E-state index in [0.717, 1.165) is 10.0 Å². The molecule has 0 saturated carbocycles. The Kier molecular flexibility index (Phi) is 2.26. The number of imidazole rings is 1. The molecule has 0 atom stereocenters. The van der Waals surface area contributed by atoms with Crippen LogP contribution < -0.4 is 0 Å². The summed E-state index contributed by atoms with van der Waals surface area (Å²) < 4.78 is 2.45. The van der Waals surface area contributed by atoms with Crippen LogP contribution in [0.1, 0.15) is 21.7 Å². The van der Waals surface area contributed by atoms with Crippen LogP contribution in [0.15, 0.2) is 16.7 Å². The fourth-order valence-corrected chi connectivity index (χ4v) is 1.85. The molecule has 78 valence electrons. The summed E-state index contributed by atoms with van der Waals surface area (Å²) in [7, 11) is 0. The van der Waals surface area contributed by atoms with Crippen LogP contribution in [0.25, 0.3) is 5.65 Å². The van der Waals surface area contributed by atoms with E-state index in [4.69, 9.17) is 5.11 Å². The van der Waals surface area contributed by atoms with Crippen molar-refractivity contribution in [1.82, 2.24) is 9.38 Å². The predicted octanol–water partition coefficient (Wildman–Crippen LogP) is 2.41. The molecular weight excluding hydrogens is 260 g/mol. The van der Waals surface area contributed by atoms with Gasteiger partial charge in [0.05, 0.1) is 5.69 Å². The van der Waals surface area contributed by atoms with E-state index >= 15 is 0 Å². The number of rotatable bonds is 1. The van der Waals surface area contributed by atoms with Gasteiger partial charge in [-0.2, -0.15) is 0 Å². The quantitative estimate of drug-likeness (QED) is 0.864. The van der Waals surface area contributed by atoms with Crippen LogP contribution in [0, 0.1) is 13.8 Å². The number of aromatic nitrogens is 2. The number of carbonyl (C=O) groups is 1. The summed E-state index contributed by atoms with van der Waals surface area (Å²) in [4.78, 5) is 15.2. The van der Waals surface area contributed by atoms with Crippen molar-refractivity contribution in [3.63, 3.8) is 0 Å². The topological polar surface area (TPSA) is 54.6 Å². The highest BCUT2D eigenvalue weighted by Gasteiger charge is 2.15. The molecular formula is C10H9BrN2O2. The normalized spacial score (nSPS) is 10.9. The van der Waals surface area contributed by atoms with Crippen LogP contribution in [0.2, 0.25) is 0 Å². The van der Waals surface area contributed by atoms with E-state index in [9.17, 15) is 4.79 Å². The van der Waals surface area contributed by atoms with Crippen molar-refractivity contribution in [3.05, 3.63) is 33.7 Å². The zero-order chi connectivity index (χ0) is 11.2. The average molecular weight is 269 g/mol. The first-order chi connectivity index (χ1) is 7.00. The SMILES string of the molecule is Cc1cc2nc(C)c(C(=O)O)n2cc1Br. The van der Waals surface area contributed by atoms with Gasteiger partial charge in [-0.05, 0) is 41.4 Å². The smallest absolute Gasteiger partial charge is 0.354 e. The Morgan fingerprint density at radius 2 is 2.20 bits per heavy atom. The van der Waals surface area contributed by atoms with Gasteiger partial charge in [-0.3, -0.25) is 4.40 Å². The lowest BCUT2D eigenvalue weighted by atomic mass is 10.3. The van der Waals surface area contributed by atoms with E-state index in [1.807, 2.05) is 13.0 Å². The number of halogens is 1. The highest BCUT2D eigenvalue weighted by molar-refractivity contribution is 9.10. The lowest BCUT2D eigenvalue weighted by Crippen LogP contribution is -2.03. The lowest BCUT2D eigenvalue weighted by molar-refractivity contribution is 0.0688. The average Bonchev–Trinajstić information content (AvgIpc) is 2.41. The molecule has 0 bridgehead atoms. The molecule has 0 aliphatic carbocycles. The second-order valence-corrected chi connectivity index (χ2v) is 4.24. The van der Waals surface area contributed by atoms with E-state index < -0.39 is 5.97 Å². The Labute approximate surface area is 94.7 Å². The summed E-state index contributed by atoms with van der Waals surface area (Å²) in [5.74, 6) is -0.962. The summed E-state index contributed by atoms with van der Waals surface area (Å²) in [6, 6.07) is 1.85. The molecule has 15 heavy (non-hydrogen) atoms. The molecule has 0 aliphatic heterocycles. The minimum absolute atomic E-state index is 0.214. The van der Waals surface area contributed by atoms with Crippen LogP contribution in [-0.4, -0.2) is 20.5 Å². The molecule has 0 radical (unpaired) electrons. The summed E-state index contributed by atoms with van der Waals surface area (Å²) in [5, 5.41) is 9.04. The Hall–Kier alpha value is -1.36. The van der Waals surface area contributed by atoms with Gasteiger partial charge in [-0.15, -0.1) is 0 Å². The van der Waals surface area contributed by atoms with Gasteiger partial charge in [0.25, 0.3) is 0 Å². The monoisotopic (exact) mass is 268 g/mol. The number of fused-ring (bicyclic) bond motifs is 1. The Morgan fingerprint density at radius 1 is 1.53 bits per heavy atom. The summed E-state index contributed by atoms with van der Waals surface area (Å²) in [6.45, 7) is 3.63. The molecule has 0 aliphatic rings. The number of aromatic carboxylic acids is 1. The van der Waals surface area contributed by atoms with Crippen molar-refractivity contribution < 1.29 is 9.90 Å². The Balaban J connectivity index is 2.87. The van der Waals surface area contributed by atoms with Gasteiger partial charge in [-0.1, -0.05) is 0 Å². The third kappa shape index (κ3) is 1.52. The molecule has 2 aromatic rings. The summed E-state index contributed by atoms with van der Waals surface area (Å²) in [6.07, 6.45) is 1.73. The number of hydrogen-bond acceptors (Lipinski definition) is 2. The Morgan fingerprint density at radius 3 is 2.80 bits per heavy atom. The molecule has 2 aromatic heterocycles. The largest absolute Gasteiger partial charge is 0.477 e. The van der Waals surface area contributed by atoms with E-state index in [-0.39, 0.29) is 5.69 Å². The molecule has 4 nitrogen and oxygen atoms in total. The minimum atomic E-state index is -0.962. The highest BCUT2D eigenvalue weighted by atomic mass is 79.9. The highest BCUT2D eigenvalue weighted by Crippen LogP contribution is 2.20. The van der Waals surface area contributed by atoms with Crippen LogP contribution in [0.4, 0.5) is 0 Å². The third-order valence-corrected chi connectivity index (χ3v) is 3.11. The van der Waals surface area contributed by atoms with Crippen molar-refractivity contribution in [1.29, 1.82) is 0 Å². The van der Waals surface area contributed by atoms with Gasteiger partial charge in [0.2, 0.25) is 0 Å². The molecule has 0 saturated heterocycles. The number of hydrogen-bond donors (Lipinski definition) is 1. The molecule has 0 unspecified atom stereocenters. The van der Waals surface area contributed by atoms with Gasteiger partial charge in [0.15, 0.2) is 5.69 Å². The van der Waals surface area contributed by atoms with Gasteiger partial charge in [-0.25, -0.2) is 9.78 Å². The van der Waals surface area contributed by atoms with Gasteiger partial charge in [0, 0.05) is 10.7 Å². The minimum Gasteiger partial charge on any atom is -0.477 e. The van der Waals surface area contributed by atoms with Crippen molar-refractivity contribution >= 4 is 27.5 Å². The lowest BCUT2D eigenvalue weighted by Gasteiger charge is -2.01. The van der Waals surface area contributed by atoms with E-state index in [2.05, 4.69) is 20.9 Å². The zero-order valence-electron chi connectivity index (χ0n) is 8.28. The van der Waals surface area contributed by atoms with Gasteiger partial charge < -0.3 is 5.11 Å². The molecule has 0 fully saturated rings. The molecule has 1 N–H and O–H groups in total. The number of aryl methyl sites for hydroxylation is 2. The summed E-state index contributed by atoms with van der Waals surface area (Å²) >= 11 is 3.37. The molecule has 2 rings (SSSR count). The Bertz CT molecular complexity index is 560. The molecule has 2 heterocycles. The van der Waals surface area contributed by atoms with E-state index in [0.29, 0.717) is 11.3 Å². The number of nitrogens with zero attached hydrogens (tertiary/aromatic N) is 2. The van der Waals surface area contributed by atoms with E-state index in [1.165, 1.54) is 0 Å². The molecule has 5 heteroatoms. The first-order valence-electron chi connectivity index (χ1n) is 4.39. The second kappa shape index (κ2) is 3.34. The van der Waals surface area contributed by atoms with Crippen LogP contribution >= 0.6 is 15.9 Å². The maximum Gasteiger partial charge on any atom is 0.354 e. The maximum absolute atomic E-state index is 11.0. The first kappa shape index (κ1) is 10.2. The van der Waals surface area contributed by atoms with E-state index in [1.54, 1.807) is 17.5 Å². The van der Waals surface area contributed by atoms with Crippen LogP contribution in [0.5, 0.6) is 0 Å². The summed E-state index contributed by atoms with van der Waals surface area (Å²) in [5.41, 5.74) is 2.43. The fourth-order valence-electron chi connectivity index (χ4n) is 1.54. The zero-order valence-corrected chi connectivity index (χ0v) is 9.87. The van der Waals surface area contributed by atoms with Gasteiger partial charge >= 0.3 is 5.97 Å². The number of pyridine rings is 1. The molecule has 0 aromatic carbocycles. The van der Waals surface area contributed by atoms with Crippen molar-refractivity contribution in [2.75, 3.05) is 0 Å². The van der Waals surface area contributed by atoms with Crippen molar-refractivity contribution in [3.8, 4) is 0 Å². The van der Waals surface area contributed by atoms with Crippen molar-refractivity contribution in [2.45, 2.75) is 13.8 Å². The second-order valence-electron chi connectivity index (χ2n) is 3.38. The van der Waals surface area contributed by atoms with Crippen LogP contribution in [0.3, 0.4) is 0 Å². The molecule has 0 amide bonds. The standard InChI is InChI=1S/C10H9BrN2O2/c1-5-3-8-12-6(2)9(10(14)15)13(8)4-7(5)11/h3-4H,1-2H3,(H,14,15). The predicted molar refractivity (Wildman–Crippen MR) is 59.3 cm³/mol. The van der Waals surface area contributed by atoms with Crippen LogP contribution in [-0.2, 0) is 0 Å². The fraction of sp³-hybridized carbons (Fsp3) is 0.200. The molecule has 0 spiro atoms.